The Bertz CT molecular complexity index is 704. The number of anilines is 1. The molecule has 0 spiro atoms. The minimum Gasteiger partial charge on any atom is -0.461 e. The topological polar surface area (TPSA) is 56.5 Å². The third-order valence-corrected chi connectivity index (χ3v) is 3.08. The van der Waals surface area contributed by atoms with E-state index in [2.05, 4.69) is 20.9 Å². The SMILES string of the molecule is Nc1c(-c2occc2Br)nc2ccc(F)cn12. The molecule has 4 nitrogen and oxygen atoms in total. The summed E-state index contributed by atoms with van der Waals surface area (Å²) in [6.07, 6.45) is 2.82. The largest absolute Gasteiger partial charge is 0.461 e. The van der Waals surface area contributed by atoms with Gasteiger partial charge in [-0.3, -0.25) is 4.40 Å². The number of rotatable bonds is 1. The number of hydrogen-bond donors (Lipinski definition) is 1. The van der Waals surface area contributed by atoms with Crippen molar-refractivity contribution in [2.45, 2.75) is 0 Å². The number of hydrogen-bond acceptors (Lipinski definition) is 3. The van der Waals surface area contributed by atoms with Gasteiger partial charge in [-0.15, -0.1) is 0 Å². The number of pyridine rings is 1. The Morgan fingerprint density at radius 1 is 1.35 bits per heavy atom. The van der Waals surface area contributed by atoms with E-state index >= 15 is 0 Å². The minimum absolute atomic E-state index is 0.343. The van der Waals surface area contributed by atoms with Gasteiger partial charge in [0.25, 0.3) is 0 Å². The van der Waals surface area contributed by atoms with Crippen LogP contribution in [0.5, 0.6) is 0 Å². The summed E-state index contributed by atoms with van der Waals surface area (Å²) in [7, 11) is 0. The summed E-state index contributed by atoms with van der Waals surface area (Å²) < 4.78 is 20.6. The van der Waals surface area contributed by atoms with Crippen LogP contribution < -0.4 is 5.73 Å². The summed E-state index contributed by atoms with van der Waals surface area (Å²) >= 11 is 3.34. The van der Waals surface area contributed by atoms with Gasteiger partial charge in [-0.2, -0.15) is 0 Å². The third kappa shape index (κ3) is 1.52. The summed E-state index contributed by atoms with van der Waals surface area (Å²) in [4.78, 5) is 4.30. The molecule has 6 heteroatoms. The van der Waals surface area contributed by atoms with Gasteiger partial charge in [-0.05, 0) is 34.1 Å². The van der Waals surface area contributed by atoms with Crippen molar-refractivity contribution in [2.75, 3.05) is 5.73 Å². The molecule has 3 rings (SSSR count). The highest BCUT2D eigenvalue weighted by Gasteiger charge is 2.16. The van der Waals surface area contributed by atoms with Crippen molar-refractivity contribution < 1.29 is 8.81 Å². The van der Waals surface area contributed by atoms with Crippen molar-refractivity contribution in [3.05, 3.63) is 40.9 Å². The average molecular weight is 296 g/mol. The van der Waals surface area contributed by atoms with Crippen LogP contribution in [-0.2, 0) is 0 Å². The second kappa shape index (κ2) is 3.59. The fourth-order valence-corrected chi connectivity index (χ4v) is 2.06. The van der Waals surface area contributed by atoms with Gasteiger partial charge in [0.1, 0.15) is 23.0 Å². The molecule has 17 heavy (non-hydrogen) atoms. The molecule has 0 aliphatic carbocycles. The molecule has 3 aromatic rings. The van der Waals surface area contributed by atoms with E-state index in [0.717, 1.165) is 4.47 Å². The van der Waals surface area contributed by atoms with E-state index in [-0.39, 0.29) is 5.82 Å². The highest BCUT2D eigenvalue weighted by Crippen LogP contribution is 2.32. The van der Waals surface area contributed by atoms with E-state index in [1.807, 2.05) is 0 Å². The summed E-state index contributed by atoms with van der Waals surface area (Å²) in [5.74, 6) is 0.508. The maximum absolute atomic E-state index is 13.1. The van der Waals surface area contributed by atoms with Gasteiger partial charge in [0, 0.05) is 6.20 Å². The monoisotopic (exact) mass is 295 g/mol. The molecule has 3 aromatic heterocycles. The van der Waals surface area contributed by atoms with Crippen LogP contribution in [0.2, 0.25) is 0 Å². The summed E-state index contributed by atoms with van der Waals surface area (Å²) in [6, 6.07) is 4.65. The van der Waals surface area contributed by atoms with Gasteiger partial charge in [0.2, 0.25) is 0 Å². The van der Waals surface area contributed by atoms with Crippen LogP contribution in [-0.4, -0.2) is 9.38 Å². The Morgan fingerprint density at radius 3 is 2.88 bits per heavy atom. The van der Waals surface area contributed by atoms with Crippen molar-refractivity contribution in [3.63, 3.8) is 0 Å². The zero-order chi connectivity index (χ0) is 12.0. The van der Waals surface area contributed by atoms with E-state index in [0.29, 0.717) is 22.9 Å². The number of nitrogens with two attached hydrogens (primary N) is 1. The van der Waals surface area contributed by atoms with Gasteiger partial charge in [0.05, 0.1) is 10.7 Å². The number of furan rings is 1. The number of halogens is 2. The van der Waals surface area contributed by atoms with E-state index in [1.54, 1.807) is 12.1 Å². The first-order valence-electron chi connectivity index (χ1n) is 4.83. The lowest BCUT2D eigenvalue weighted by atomic mass is 10.3. The van der Waals surface area contributed by atoms with Crippen LogP contribution >= 0.6 is 15.9 Å². The molecule has 86 valence electrons. The first-order valence-corrected chi connectivity index (χ1v) is 5.62. The van der Waals surface area contributed by atoms with Gasteiger partial charge in [-0.25, -0.2) is 9.37 Å². The Labute approximate surface area is 104 Å². The van der Waals surface area contributed by atoms with Gasteiger partial charge in [0.15, 0.2) is 5.76 Å². The van der Waals surface area contributed by atoms with E-state index in [4.69, 9.17) is 10.2 Å². The maximum Gasteiger partial charge on any atom is 0.170 e. The number of fused-ring (bicyclic) bond motifs is 1. The molecule has 0 bridgehead atoms. The fourth-order valence-electron chi connectivity index (χ4n) is 1.67. The van der Waals surface area contributed by atoms with Crippen LogP contribution in [0.4, 0.5) is 10.2 Å². The van der Waals surface area contributed by atoms with Crippen LogP contribution in [0.25, 0.3) is 17.1 Å². The van der Waals surface area contributed by atoms with Crippen molar-refractivity contribution in [2.24, 2.45) is 0 Å². The number of aromatic nitrogens is 2. The lowest BCUT2D eigenvalue weighted by Gasteiger charge is -1.96. The smallest absolute Gasteiger partial charge is 0.170 e. The third-order valence-electron chi connectivity index (χ3n) is 2.45. The predicted molar refractivity (Wildman–Crippen MR) is 65.0 cm³/mol. The van der Waals surface area contributed by atoms with Gasteiger partial charge in [-0.1, -0.05) is 0 Å². The van der Waals surface area contributed by atoms with Crippen molar-refractivity contribution in [3.8, 4) is 11.5 Å². The standard InChI is InChI=1S/C11H7BrFN3O/c12-7-3-4-17-10(7)9-11(14)16-5-6(13)1-2-8(16)15-9/h1-5H,14H2. The van der Waals surface area contributed by atoms with E-state index in [1.165, 1.54) is 22.9 Å². The molecule has 2 N–H and O–H groups in total. The van der Waals surface area contributed by atoms with Gasteiger partial charge >= 0.3 is 0 Å². The molecule has 0 amide bonds. The maximum atomic E-state index is 13.1. The molecule has 0 saturated carbocycles. The summed E-state index contributed by atoms with van der Waals surface area (Å²) in [5.41, 5.74) is 6.99. The predicted octanol–water partition coefficient (Wildman–Crippen LogP) is 3.08. The average Bonchev–Trinajstić information content (AvgIpc) is 2.84. The normalized spacial score (nSPS) is 11.2. The quantitative estimate of drug-likeness (QED) is 0.750. The van der Waals surface area contributed by atoms with Crippen LogP contribution in [0, 0.1) is 5.82 Å². The van der Waals surface area contributed by atoms with Crippen molar-refractivity contribution >= 4 is 27.4 Å². The summed E-state index contributed by atoms with van der Waals surface area (Å²) in [5, 5.41) is 0. The highest BCUT2D eigenvalue weighted by atomic mass is 79.9. The molecular weight excluding hydrogens is 289 g/mol. The zero-order valence-electron chi connectivity index (χ0n) is 8.52. The molecule has 0 aliphatic rings. The second-order valence-electron chi connectivity index (χ2n) is 3.52. The number of imidazole rings is 1. The molecule has 3 heterocycles. The van der Waals surface area contributed by atoms with Crippen molar-refractivity contribution in [1.29, 1.82) is 0 Å². The zero-order valence-corrected chi connectivity index (χ0v) is 10.1. The molecule has 0 aromatic carbocycles. The molecule has 0 saturated heterocycles. The van der Waals surface area contributed by atoms with Crippen molar-refractivity contribution in [1.82, 2.24) is 9.38 Å². The molecule has 0 fully saturated rings. The van der Waals surface area contributed by atoms with Crippen LogP contribution in [0.1, 0.15) is 0 Å². The van der Waals surface area contributed by atoms with Crippen LogP contribution in [0.3, 0.4) is 0 Å². The molecule has 0 aliphatic heterocycles. The first kappa shape index (κ1) is 10.3. The molecular formula is C11H7BrFN3O. The Morgan fingerprint density at radius 2 is 2.18 bits per heavy atom. The van der Waals surface area contributed by atoms with Gasteiger partial charge < -0.3 is 10.2 Å². The molecule has 0 atom stereocenters. The molecule has 0 unspecified atom stereocenters. The lowest BCUT2D eigenvalue weighted by molar-refractivity contribution is 0.579. The van der Waals surface area contributed by atoms with E-state index in [9.17, 15) is 4.39 Å². The van der Waals surface area contributed by atoms with Crippen LogP contribution in [0.15, 0.2) is 39.5 Å². The molecule has 0 radical (unpaired) electrons. The minimum atomic E-state index is -0.369. The first-order chi connectivity index (χ1) is 8.16. The Balaban J connectivity index is 2.32. The summed E-state index contributed by atoms with van der Waals surface area (Å²) in [6.45, 7) is 0. The lowest BCUT2D eigenvalue weighted by Crippen LogP contribution is -1.94. The Hall–Kier alpha value is -1.82. The Kier molecular flexibility index (Phi) is 2.19. The fraction of sp³-hybridized carbons (Fsp3) is 0. The second-order valence-corrected chi connectivity index (χ2v) is 4.37. The highest BCUT2D eigenvalue weighted by molar-refractivity contribution is 9.10. The van der Waals surface area contributed by atoms with E-state index < -0.39 is 0 Å². The number of nitrogens with zero attached hydrogens (tertiary/aromatic N) is 2. The number of nitrogen functional groups attached to an aromatic ring is 1.